The molecule has 1 aromatic rings. The van der Waals surface area contributed by atoms with Crippen LogP contribution in [0.1, 0.15) is 18.9 Å². The fourth-order valence-corrected chi connectivity index (χ4v) is 2.77. The third-order valence-electron chi connectivity index (χ3n) is 2.39. The maximum atomic E-state index is 12.0. The van der Waals surface area contributed by atoms with Crippen LogP contribution in [0.25, 0.3) is 0 Å². The van der Waals surface area contributed by atoms with Crippen LogP contribution in [0.4, 0.5) is 0 Å². The average molecular weight is 259 g/mol. The fraction of sp³-hybridized carbons (Fsp3) is 0.455. The van der Waals surface area contributed by atoms with Crippen LogP contribution < -0.4 is 0 Å². The van der Waals surface area contributed by atoms with Gasteiger partial charge in [-0.05, 0) is 18.1 Å². The first-order valence-corrected chi connectivity index (χ1v) is 6.72. The van der Waals surface area contributed by atoms with Crippen LogP contribution in [-0.2, 0) is 16.4 Å². The summed E-state index contributed by atoms with van der Waals surface area (Å²) in [6.45, 7) is 1.90. The minimum absolute atomic E-state index is 0.123. The van der Waals surface area contributed by atoms with Crippen molar-refractivity contribution in [1.29, 1.82) is 0 Å². The molecule has 0 unspecified atom stereocenters. The summed E-state index contributed by atoms with van der Waals surface area (Å²) in [4.78, 5) is -0.123. The van der Waals surface area contributed by atoms with E-state index in [4.69, 9.17) is 0 Å². The van der Waals surface area contributed by atoms with Gasteiger partial charge in [-0.25, -0.2) is 12.7 Å². The molecular weight excluding hydrogens is 242 g/mol. The van der Waals surface area contributed by atoms with Crippen molar-refractivity contribution >= 4 is 10.0 Å². The normalized spacial score (nSPS) is 12.0. The van der Waals surface area contributed by atoms with Gasteiger partial charge in [0.15, 0.2) is 0 Å². The highest BCUT2D eigenvalue weighted by Crippen LogP contribution is 2.33. The molecule has 0 aromatic heterocycles. The number of aromatic hydroxyl groups is 2. The second-order valence-electron chi connectivity index (χ2n) is 3.99. The lowest BCUT2D eigenvalue weighted by Crippen LogP contribution is -2.23. The number of sulfonamides is 1. The molecule has 0 amide bonds. The van der Waals surface area contributed by atoms with Crippen LogP contribution in [0.5, 0.6) is 11.5 Å². The molecule has 0 aliphatic heterocycles. The lowest BCUT2D eigenvalue weighted by atomic mass is 10.1. The van der Waals surface area contributed by atoms with E-state index in [2.05, 4.69) is 0 Å². The lowest BCUT2D eigenvalue weighted by Gasteiger charge is -2.16. The summed E-state index contributed by atoms with van der Waals surface area (Å²) in [5.74, 6) is -0.550. The summed E-state index contributed by atoms with van der Waals surface area (Å²) in [5, 5.41) is 19.1. The van der Waals surface area contributed by atoms with E-state index in [0.29, 0.717) is 12.0 Å². The van der Waals surface area contributed by atoms with E-state index in [1.165, 1.54) is 20.2 Å². The Balaban J connectivity index is 3.51. The van der Waals surface area contributed by atoms with Crippen LogP contribution in [0.3, 0.4) is 0 Å². The molecule has 0 heterocycles. The van der Waals surface area contributed by atoms with Crippen molar-refractivity contribution in [1.82, 2.24) is 4.31 Å². The molecule has 0 fully saturated rings. The quantitative estimate of drug-likeness (QED) is 0.854. The first-order valence-electron chi connectivity index (χ1n) is 5.28. The van der Waals surface area contributed by atoms with Crippen molar-refractivity contribution in [3.05, 3.63) is 17.7 Å². The van der Waals surface area contributed by atoms with Crippen LogP contribution >= 0.6 is 0 Å². The van der Waals surface area contributed by atoms with Gasteiger partial charge in [-0.2, -0.15) is 0 Å². The van der Waals surface area contributed by atoms with Crippen molar-refractivity contribution in [2.75, 3.05) is 14.1 Å². The van der Waals surface area contributed by atoms with Gasteiger partial charge >= 0.3 is 0 Å². The van der Waals surface area contributed by atoms with E-state index < -0.39 is 15.8 Å². The van der Waals surface area contributed by atoms with Gasteiger partial charge in [0.25, 0.3) is 0 Å². The zero-order chi connectivity index (χ0) is 13.2. The SMILES string of the molecule is CCCc1cc(O)cc(O)c1S(=O)(=O)N(C)C. The predicted molar refractivity (Wildman–Crippen MR) is 64.6 cm³/mol. The Bertz CT molecular complexity index is 508. The third kappa shape index (κ3) is 2.70. The summed E-state index contributed by atoms with van der Waals surface area (Å²) in [6.07, 6.45) is 1.20. The van der Waals surface area contributed by atoms with Gasteiger partial charge in [-0.1, -0.05) is 13.3 Å². The van der Waals surface area contributed by atoms with Gasteiger partial charge < -0.3 is 10.2 Å². The van der Waals surface area contributed by atoms with Gasteiger partial charge in [-0.15, -0.1) is 0 Å². The van der Waals surface area contributed by atoms with E-state index >= 15 is 0 Å². The minimum Gasteiger partial charge on any atom is -0.508 e. The van der Waals surface area contributed by atoms with Crippen molar-refractivity contribution in [3.8, 4) is 11.5 Å². The summed E-state index contributed by atoms with van der Waals surface area (Å²) >= 11 is 0. The van der Waals surface area contributed by atoms with Gasteiger partial charge in [0.1, 0.15) is 16.4 Å². The van der Waals surface area contributed by atoms with Crippen LogP contribution in [0.2, 0.25) is 0 Å². The molecule has 0 saturated heterocycles. The lowest BCUT2D eigenvalue weighted by molar-refractivity contribution is 0.433. The van der Waals surface area contributed by atoms with E-state index in [-0.39, 0.29) is 10.6 Å². The number of nitrogens with zero attached hydrogens (tertiary/aromatic N) is 1. The Morgan fingerprint density at radius 3 is 2.29 bits per heavy atom. The summed E-state index contributed by atoms with van der Waals surface area (Å²) in [7, 11) is -0.905. The monoisotopic (exact) mass is 259 g/mol. The molecule has 0 atom stereocenters. The molecule has 1 aromatic carbocycles. The van der Waals surface area contributed by atoms with E-state index in [0.717, 1.165) is 16.8 Å². The summed E-state index contributed by atoms with van der Waals surface area (Å²) in [6, 6.07) is 2.41. The molecule has 6 heteroatoms. The van der Waals surface area contributed by atoms with Gasteiger partial charge in [0.05, 0.1) is 0 Å². The predicted octanol–water partition coefficient (Wildman–Crippen LogP) is 1.30. The van der Waals surface area contributed by atoms with Crippen molar-refractivity contribution in [2.24, 2.45) is 0 Å². The molecule has 96 valence electrons. The summed E-state index contributed by atoms with van der Waals surface area (Å²) in [5.41, 5.74) is 0.429. The molecule has 2 N–H and O–H groups in total. The topological polar surface area (TPSA) is 77.8 Å². The molecule has 0 aliphatic carbocycles. The fourth-order valence-electron chi connectivity index (χ4n) is 1.59. The van der Waals surface area contributed by atoms with Gasteiger partial charge in [0.2, 0.25) is 10.0 Å². The van der Waals surface area contributed by atoms with Crippen LogP contribution in [0, 0.1) is 0 Å². The number of hydrogen-bond acceptors (Lipinski definition) is 4. The van der Waals surface area contributed by atoms with Crippen molar-refractivity contribution < 1.29 is 18.6 Å². The third-order valence-corrected chi connectivity index (χ3v) is 4.34. The molecule has 17 heavy (non-hydrogen) atoms. The number of phenols is 2. The second-order valence-corrected chi connectivity index (χ2v) is 6.08. The molecule has 0 radical (unpaired) electrons. The Hall–Kier alpha value is -1.27. The Morgan fingerprint density at radius 2 is 1.82 bits per heavy atom. The van der Waals surface area contributed by atoms with E-state index in [1.54, 1.807) is 0 Å². The summed E-state index contributed by atoms with van der Waals surface area (Å²) < 4.78 is 25.1. The molecular formula is C11H17NO4S. The molecule has 0 aliphatic rings. The van der Waals surface area contributed by atoms with Gasteiger partial charge in [0, 0.05) is 20.2 Å². The first-order chi connectivity index (χ1) is 7.80. The Labute approximate surface area is 101 Å². The maximum Gasteiger partial charge on any atom is 0.246 e. The van der Waals surface area contributed by atoms with Crippen molar-refractivity contribution in [2.45, 2.75) is 24.7 Å². The largest absolute Gasteiger partial charge is 0.508 e. The first kappa shape index (κ1) is 13.8. The Morgan fingerprint density at radius 1 is 1.24 bits per heavy atom. The number of hydrogen-bond donors (Lipinski definition) is 2. The second kappa shape index (κ2) is 4.93. The maximum absolute atomic E-state index is 12.0. The number of aryl methyl sites for hydroxylation is 1. The molecule has 1 rings (SSSR count). The highest BCUT2D eigenvalue weighted by Gasteiger charge is 2.25. The minimum atomic E-state index is -3.70. The Kier molecular flexibility index (Phi) is 4.00. The highest BCUT2D eigenvalue weighted by molar-refractivity contribution is 7.89. The number of benzene rings is 1. The standard InChI is InChI=1S/C11H17NO4S/c1-4-5-8-6-9(13)7-10(14)11(8)17(15,16)12(2)3/h6-7,13-14H,4-5H2,1-3H3. The molecule has 0 saturated carbocycles. The highest BCUT2D eigenvalue weighted by atomic mass is 32.2. The zero-order valence-electron chi connectivity index (χ0n) is 10.1. The number of phenolic OH excluding ortho intramolecular Hbond substituents is 2. The zero-order valence-corrected chi connectivity index (χ0v) is 11.0. The van der Waals surface area contributed by atoms with Crippen LogP contribution in [-0.4, -0.2) is 37.0 Å². The van der Waals surface area contributed by atoms with E-state index in [9.17, 15) is 18.6 Å². The van der Waals surface area contributed by atoms with Crippen molar-refractivity contribution in [3.63, 3.8) is 0 Å². The average Bonchev–Trinajstić information content (AvgIpc) is 2.15. The molecule has 0 bridgehead atoms. The molecule has 0 spiro atoms. The number of rotatable bonds is 4. The van der Waals surface area contributed by atoms with E-state index in [1.807, 2.05) is 6.92 Å². The smallest absolute Gasteiger partial charge is 0.246 e. The van der Waals surface area contributed by atoms with Gasteiger partial charge in [-0.3, -0.25) is 0 Å². The molecule has 5 nitrogen and oxygen atoms in total. The van der Waals surface area contributed by atoms with Crippen LogP contribution in [0.15, 0.2) is 17.0 Å².